The topological polar surface area (TPSA) is 87.2 Å². The molecule has 2 aliphatic heterocycles. The third-order valence-corrected chi connectivity index (χ3v) is 5.84. The van der Waals surface area contributed by atoms with Crippen LogP contribution in [0.2, 0.25) is 0 Å². The van der Waals surface area contributed by atoms with Crippen molar-refractivity contribution in [3.63, 3.8) is 0 Å². The number of anilines is 2. The van der Waals surface area contributed by atoms with Gasteiger partial charge in [-0.25, -0.2) is 4.79 Å². The summed E-state index contributed by atoms with van der Waals surface area (Å²) in [5.74, 6) is 1.06. The number of alkyl halides is 3. The highest BCUT2D eigenvalue weighted by Crippen LogP contribution is 2.33. The normalized spacial score (nSPS) is 16.3. The molecular formula is C24H27F3N4O4. The maximum absolute atomic E-state index is 12.9. The lowest BCUT2D eigenvalue weighted by molar-refractivity contribution is -0.0929. The molecule has 2 aromatic rings. The van der Waals surface area contributed by atoms with Gasteiger partial charge < -0.3 is 29.7 Å². The third kappa shape index (κ3) is 6.04. The fourth-order valence-corrected chi connectivity index (χ4v) is 3.95. The van der Waals surface area contributed by atoms with Crippen molar-refractivity contribution in [1.29, 1.82) is 0 Å². The zero-order valence-corrected chi connectivity index (χ0v) is 19.3. The zero-order valence-electron chi connectivity index (χ0n) is 19.3. The Balaban J connectivity index is 1.57. The number of aliphatic hydroxyl groups excluding tert-OH is 1. The highest BCUT2D eigenvalue weighted by Gasteiger charge is 2.38. The molecule has 0 spiro atoms. The number of hydrogen-bond acceptors (Lipinski definition) is 6. The Hall–Kier alpha value is -3.31. The molecule has 0 unspecified atom stereocenters. The average Bonchev–Trinajstić information content (AvgIpc) is 3.36. The van der Waals surface area contributed by atoms with Gasteiger partial charge in [0.2, 0.25) is 5.88 Å². The number of ether oxygens (including phenoxy) is 2. The Labute approximate surface area is 201 Å². The van der Waals surface area contributed by atoms with Crippen LogP contribution in [0.15, 0.2) is 42.0 Å². The molecule has 2 N–H and O–H groups in total. The van der Waals surface area contributed by atoms with E-state index < -0.39 is 24.3 Å². The molecular weight excluding hydrogens is 465 g/mol. The van der Waals surface area contributed by atoms with E-state index in [2.05, 4.69) is 15.2 Å². The number of aromatic nitrogens is 1. The Morgan fingerprint density at radius 3 is 2.69 bits per heavy atom. The van der Waals surface area contributed by atoms with Gasteiger partial charge in [0.25, 0.3) is 0 Å². The summed E-state index contributed by atoms with van der Waals surface area (Å²) in [5, 5.41) is 11.9. The molecule has 1 saturated heterocycles. The average molecular weight is 492 g/mol. The summed E-state index contributed by atoms with van der Waals surface area (Å²) in [7, 11) is 0. The number of urea groups is 1. The van der Waals surface area contributed by atoms with Crippen LogP contribution in [-0.4, -0.2) is 79.8 Å². The summed E-state index contributed by atoms with van der Waals surface area (Å²) in [5.41, 5.74) is 2.27. The Kier molecular flexibility index (Phi) is 7.46. The van der Waals surface area contributed by atoms with Gasteiger partial charge in [0, 0.05) is 31.4 Å². The maximum Gasteiger partial charge on any atom is 0.414 e. The second-order valence-corrected chi connectivity index (χ2v) is 8.29. The maximum atomic E-state index is 12.9. The monoisotopic (exact) mass is 492 g/mol. The number of halogens is 3. The quantitative estimate of drug-likeness (QED) is 0.600. The Morgan fingerprint density at radius 1 is 1.23 bits per heavy atom. The van der Waals surface area contributed by atoms with Gasteiger partial charge in [-0.2, -0.15) is 18.2 Å². The van der Waals surface area contributed by atoms with Gasteiger partial charge in [0.1, 0.15) is 12.4 Å². The lowest BCUT2D eigenvalue weighted by Gasteiger charge is -2.28. The van der Waals surface area contributed by atoms with Crippen molar-refractivity contribution in [2.45, 2.75) is 13.1 Å². The summed E-state index contributed by atoms with van der Waals surface area (Å²) in [6.45, 7) is 3.80. The lowest BCUT2D eigenvalue weighted by atomic mass is 10.0. The first-order valence-electron chi connectivity index (χ1n) is 11.3. The van der Waals surface area contributed by atoms with Gasteiger partial charge in [-0.05, 0) is 41.8 Å². The van der Waals surface area contributed by atoms with Crippen LogP contribution in [-0.2, 0) is 4.74 Å². The van der Waals surface area contributed by atoms with Crippen LogP contribution in [0.25, 0.3) is 11.1 Å². The molecule has 0 aliphatic carbocycles. The molecule has 2 amide bonds. The molecule has 0 bridgehead atoms. The Morgan fingerprint density at radius 2 is 2.00 bits per heavy atom. The molecule has 0 atom stereocenters. The molecule has 1 aromatic carbocycles. The number of pyridine rings is 1. The molecule has 0 saturated carbocycles. The first-order valence-corrected chi connectivity index (χ1v) is 11.3. The first-order chi connectivity index (χ1) is 16.7. The fraction of sp³-hybridized carbons (Fsp3) is 0.417. The standard InChI is InChI=1S/C24H27F3N4O4/c1-16-2-3-19(28-23(33)31-5-4-18(15-31)24(25,26)27)14-20(16)17-12-21(30-6-9-34-10-7-30)29-22(13-17)35-11-8-32/h2-4,12-14,32H,5-11,15H2,1H3,(H,28,33). The molecule has 3 heterocycles. The van der Waals surface area contributed by atoms with Crippen molar-refractivity contribution in [1.82, 2.24) is 9.88 Å². The molecule has 1 aromatic heterocycles. The molecule has 8 nitrogen and oxygen atoms in total. The fourth-order valence-electron chi connectivity index (χ4n) is 3.95. The molecule has 11 heteroatoms. The smallest absolute Gasteiger partial charge is 0.414 e. The number of morpholine rings is 1. The highest BCUT2D eigenvalue weighted by atomic mass is 19.4. The van der Waals surface area contributed by atoms with E-state index in [4.69, 9.17) is 14.6 Å². The third-order valence-electron chi connectivity index (χ3n) is 5.84. The van der Waals surface area contributed by atoms with Crippen LogP contribution >= 0.6 is 0 Å². The minimum atomic E-state index is -4.44. The molecule has 0 radical (unpaired) electrons. The van der Waals surface area contributed by atoms with Gasteiger partial charge in [-0.3, -0.25) is 0 Å². The summed E-state index contributed by atoms with van der Waals surface area (Å²) in [4.78, 5) is 20.3. The number of carbonyl (C=O) groups excluding carboxylic acids is 1. The van der Waals surface area contributed by atoms with E-state index >= 15 is 0 Å². The number of nitrogens with one attached hydrogen (secondary N) is 1. The molecule has 35 heavy (non-hydrogen) atoms. The number of hydrogen-bond donors (Lipinski definition) is 2. The predicted octanol–water partition coefficient (Wildman–Crippen LogP) is 3.60. The molecule has 2 aliphatic rings. The summed E-state index contributed by atoms with van der Waals surface area (Å²) in [6, 6.07) is 8.38. The molecule has 188 valence electrons. The zero-order chi connectivity index (χ0) is 25.0. The van der Waals surface area contributed by atoms with E-state index in [0.717, 1.165) is 27.7 Å². The largest absolute Gasteiger partial charge is 0.475 e. The van der Waals surface area contributed by atoms with E-state index in [1.54, 1.807) is 18.2 Å². The predicted molar refractivity (Wildman–Crippen MR) is 125 cm³/mol. The summed E-state index contributed by atoms with van der Waals surface area (Å²) >= 11 is 0. The van der Waals surface area contributed by atoms with Crippen molar-refractivity contribution >= 4 is 17.5 Å². The van der Waals surface area contributed by atoms with E-state index in [1.165, 1.54) is 0 Å². The van der Waals surface area contributed by atoms with Crippen molar-refractivity contribution in [3.8, 4) is 17.0 Å². The second kappa shape index (κ2) is 10.5. The van der Waals surface area contributed by atoms with Crippen molar-refractivity contribution in [2.24, 2.45) is 0 Å². The van der Waals surface area contributed by atoms with Crippen LogP contribution < -0.4 is 15.0 Å². The van der Waals surface area contributed by atoms with Crippen LogP contribution in [0.3, 0.4) is 0 Å². The van der Waals surface area contributed by atoms with Crippen molar-refractivity contribution in [3.05, 3.63) is 47.5 Å². The van der Waals surface area contributed by atoms with Crippen molar-refractivity contribution < 1.29 is 32.5 Å². The van der Waals surface area contributed by atoms with E-state index in [0.29, 0.717) is 43.7 Å². The van der Waals surface area contributed by atoms with Crippen molar-refractivity contribution in [2.75, 3.05) is 62.8 Å². The number of aliphatic hydroxyl groups is 1. The minimum Gasteiger partial charge on any atom is -0.475 e. The van der Waals surface area contributed by atoms with Crippen LogP contribution in [0.5, 0.6) is 5.88 Å². The highest BCUT2D eigenvalue weighted by molar-refractivity contribution is 5.91. The number of nitrogens with zero attached hydrogens (tertiary/aromatic N) is 3. The van der Waals surface area contributed by atoms with Crippen LogP contribution in [0, 0.1) is 6.92 Å². The number of amides is 2. The summed E-state index contributed by atoms with van der Waals surface area (Å²) < 4.78 is 49.8. The van der Waals surface area contributed by atoms with Gasteiger partial charge in [0.05, 0.1) is 31.9 Å². The van der Waals surface area contributed by atoms with Crippen LogP contribution in [0.4, 0.5) is 29.5 Å². The Bertz CT molecular complexity index is 1100. The SMILES string of the molecule is Cc1ccc(NC(=O)N2CC=C(C(F)(F)F)C2)cc1-c1cc(OCCO)nc(N2CCOCC2)c1. The molecule has 1 fully saturated rings. The van der Waals surface area contributed by atoms with Gasteiger partial charge in [-0.15, -0.1) is 0 Å². The number of carbonyl (C=O) groups is 1. The van der Waals surface area contributed by atoms with E-state index in [-0.39, 0.29) is 19.8 Å². The number of rotatable bonds is 6. The first kappa shape index (κ1) is 24.8. The van der Waals surface area contributed by atoms with Crippen LogP contribution in [0.1, 0.15) is 5.56 Å². The number of benzene rings is 1. The molecule has 4 rings (SSSR count). The number of aryl methyl sites for hydroxylation is 1. The lowest BCUT2D eigenvalue weighted by Crippen LogP contribution is -2.36. The van der Waals surface area contributed by atoms with E-state index in [9.17, 15) is 18.0 Å². The minimum absolute atomic E-state index is 0.0951. The second-order valence-electron chi connectivity index (χ2n) is 8.29. The van der Waals surface area contributed by atoms with E-state index in [1.807, 2.05) is 19.1 Å². The summed E-state index contributed by atoms with van der Waals surface area (Å²) in [6.07, 6.45) is -3.42. The van der Waals surface area contributed by atoms with Gasteiger partial charge in [-0.1, -0.05) is 12.1 Å². The van der Waals surface area contributed by atoms with Gasteiger partial charge in [0.15, 0.2) is 0 Å². The van der Waals surface area contributed by atoms with Gasteiger partial charge >= 0.3 is 12.2 Å².